The van der Waals surface area contributed by atoms with Crippen LogP contribution in [0.5, 0.6) is 0 Å². The van der Waals surface area contributed by atoms with Gasteiger partial charge in [0, 0.05) is 10.7 Å². The molecule has 0 atom stereocenters. The summed E-state index contributed by atoms with van der Waals surface area (Å²) in [7, 11) is 1.51. The summed E-state index contributed by atoms with van der Waals surface area (Å²) in [4.78, 5) is 7.75. The van der Waals surface area contributed by atoms with E-state index in [4.69, 9.17) is 10.7 Å². The molecule has 0 radical (unpaired) electrons. The third-order valence-electron chi connectivity index (χ3n) is 1.55. The second-order valence-corrected chi connectivity index (χ2v) is 5.36. The standard InChI is InChI=1S/C6H5ClN4O2S/c7-14(12,13)4-5-3-9-6-8-1-2-10-11(5)6/h1-3H,4H2. The van der Waals surface area contributed by atoms with E-state index in [2.05, 4.69) is 15.1 Å². The smallest absolute Gasteiger partial charge is 0.218 e. The highest BCUT2D eigenvalue weighted by atomic mass is 35.7. The monoisotopic (exact) mass is 232 g/mol. The van der Waals surface area contributed by atoms with Crippen molar-refractivity contribution in [3.05, 3.63) is 24.3 Å². The Bertz CT molecular complexity index is 564. The second kappa shape index (κ2) is 3.18. The Labute approximate surface area is 84.0 Å². The molecule has 2 heterocycles. The van der Waals surface area contributed by atoms with Gasteiger partial charge in [0.1, 0.15) is 5.75 Å². The molecular weight excluding hydrogens is 228 g/mol. The predicted molar refractivity (Wildman–Crippen MR) is 49.3 cm³/mol. The number of fused-ring (bicyclic) bond motifs is 1. The van der Waals surface area contributed by atoms with E-state index in [1.807, 2.05) is 0 Å². The first-order valence-electron chi connectivity index (χ1n) is 3.62. The zero-order valence-corrected chi connectivity index (χ0v) is 8.40. The van der Waals surface area contributed by atoms with Crippen molar-refractivity contribution in [3.8, 4) is 0 Å². The average Bonchev–Trinajstić information content (AvgIpc) is 2.47. The van der Waals surface area contributed by atoms with Gasteiger partial charge in [0.15, 0.2) is 0 Å². The fourth-order valence-corrected chi connectivity index (χ4v) is 1.94. The maximum Gasteiger partial charge on any atom is 0.250 e. The largest absolute Gasteiger partial charge is 0.250 e. The minimum absolute atomic E-state index is 0.311. The Morgan fingerprint density at radius 1 is 1.36 bits per heavy atom. The summed E-state index contributed by atoms with van der Waals surface area (Å²) in [6, 6.07) is 0. The number of hydrogen-bond donors (Lipinski definition) is 0. The highest BCUT2D eigenvalue weighted by Gasteiger charge is 2.12. The topological polar surface area (TPSA) is 77.2 Å². The molecule has 0 saturated carbocycles. The van der Waals surface area contributed by atoms with E-state index in [9.17, 15) is 8.42 Å². The van der Waals surface area contributed by atoms with Crippen LogP contribution in [0.4, 0.5) is 0 Å². The van der Waals surface area contributed by atoms with Gasteiger partial charge in [0.05, 0.1) is 24.3 Å². The van der Waals surface area contributed by atoms with Crippen molar-refractivity contribution in [2.45, 2.75) is 5.75 Å². The van der Waals surface area contributed by atoms with Crippen molar-refractivity contribution in [1.82, 2.24) is 19.6 Å². The number of imidazole rings is 1. The van der Waals surface area contributed by atoms with Crippen molar-refractivity contribution >= 4 is 25.5 Å². The first-order valence-corrected chi connectivity index (χ1v) is 6.10. The summed E-state index contributed by atoms with van der Waals surface area (Å²) in [5.74, 6) is 0.0387. The molecule has 2 aromatic rings. The van der Waals surface area contributed by atoms with Crippen LogP contribution in [-0.4, -0.2) is 28.0 Å². The Hall–Kier alpha value is -1.21. The van der Waals surface area contributed by atoms with E-state index < -0.39 is 9.05 Å². The van der Waals surface area contributed by atoms with Crippen LogP contribution in [0.2, 0.25) is 0 Å². The Morgan fingerprint density at radius 3 is 2.86 bits per heavy atom. The fraction of sp³-hybridized carbons (Fsp3) is 0.167. The normalized spacial score (nSPS) is 12.1. The van der Waals surface area contributed by atoms with Crippen molar-refractivity contribution in [3.63, 3.8) is 0 Å². The van der Waals surface area contributed by atoms with E-state index in [0.717, 1.165) is 0 Å². The third-order valence-corrected chi connectivity index (χ3v) is 2.52. The second-order valence-electron chi connectivity index (χ2n) is 2.59. The van der Waals surface area contributed by atoms with Crippen LogP contribution in [-0.2, 0) is 14.8 Å². The number of hydrogen-bond acceptors (Lipinski definition) is 5. The van der Waals surface area contributed by atoms with Crippen molar-refractivity contribution < 1.29 is 8.42 Å². The van der Waals surface area contributed by atoms with Crippen LogP contribution < -0.4 is 0 Å². The van der Waals surface area contributed by atoms with Gasteiger partial charge < -0.3 is 0 Å². The van der Waals surface area contributed by atoms with E-state index >= 15 is 0 Å². The molecule has 2 rings (SSSR count). The van der Waals surface area contributed by atoms with Crippen LogP contribution in [0.3, 0.4) is 0 Å². The third kappa shape index (κ3) is 1.83. The van der Waals surface area contributed by atoms with Crippen LogP contribution in [0, 0.1) is 0 Å². The minimum Gasteiger partial charge on any atom is -0.218 e. The van der Waals surface area contributed by atoms with Crippen molar-refractivity contribution in [1.29, 1.82) is 0 Å². The number of rotatable bonds is 2. The van der Waals surface area contributed by atoms with Gasteiger partial charge in [0.2, 0.25) is 9.05 Å². The molecule has 6 nitrogen and oxygen atoms in total. The molecule has 0 N–H and O–H groups in total. The zero-order chi connectivity index (χ0) is 10.2. The quantitative estimate of drug-likeness (QED) is 0.691. The van der Waals surface area contributed by atoms with Gasteiger partial charge in [-0.3, -0.25) is 0 Å². The van der Waals surface area contributed by atoms with Gasteiger partial charge >= 0.3 is 0 Å². The Kier molecular flexibility index (Phi) is 2.12. The van der Waals surface area contributed by atoms with E-state index in [1.165, 1.54) is 23.1 Å². The first-order chi connectivity index (χ1) is 6.56. The molecule has 0 amide bonds. The molecule has 0 bridgehead atoms. The van der Waals surface area contributed by atoms with E-state index in [-0.39, 0.29) is 5.75 Å². The predicted octanol–water partition coefficient (Wildman–Crippen LogP) is 0.193. The van der Waals surface area contributed by atoms with Crippen LogP contribution in [0.1, 0.15) is 5.69 Å². The summed E-state index contributed by atoms with van der Waals surface area (Å²) in [6.07, 6.45) is 4.30. The molecule has 0 fully saturated rings. The Balaban J connectivity index is 2.54. The molecule has 0 aromatic carbocycles. The average molecular weight is 233 g/mol. The summed E-state index contributed by atoms with van der Waals surface area (Å²) in [5.41, 5.74) is 0.392. The summed E-state index contributed by atoms with van der Waals surface area (Å²) in [5, 5.41) is 3.89. The van der Waals surface area contributed by atoms with Crippen molar-refractivity contribution in [2.24, 2.45) is 0 Å². The van der Waals surface area contributed by atoms with E-state index in [1.54, 1.807) is 0 Å². The lowest BCUT2D eigenvalue weighted by atomic mass is 10.6. The van der Waals surface area contributed by atoms with Crippen LogP contribution in [0.15, 0.2) is 18.6 Å². The number of aromatic nitrogens is 4. The van der Waals surface area contributed by atoms with Gasteiger partial charge in [-0.15, -0.1) is 0 Å². The van der Waals surface area contributed by atoms with Gasteiger partial charge in [-0.1, -0.05) is 0 Å². The molecule has 0 aliphatic heterocycles. The molecule has 0 spiro atoms. The lowest BCUT2D eigenvalue weighted by molar-refractivity contribution is 0.607. The minimum atomic E-state index is -3.59. The maximum absolute atomic E-state index is 10.8. The lowest BCUT2D eigenvalue weighted by Gasteiger charge is -1.95. The molecule has 74 valence electrons. The molecular formula is C6H5ClN4O2S. The molecule has 0 unspecified atom stereocenters. The van der Waals surface area contributed by atoms with E-state index in [0.29, 0.717) is 11.5 Å². The summed E-state index contributed by atoms with van der Waals surface area (Å²) < 4.78 is 23.0. The summed E-state index contributed by atoms with van der Waals surface area (Å²) >= 11 is 0. The highest BCUT2D eigenvalue weighted by Crippen LogP contribution is 2.09. The summed E-state index contributed by atoms with van der Waals surface area (Å²) in [6.45, 7) is 0. The molecule has 14 heavy (non-hydrogen) atoms. The molecule has 2 aromatic heterocycles. The number of nitrogens with zero attached hydrogens (tertiary/aromatic N) is 4. The maximum atomic E-state index is 10.8. The zero-order valence-electron chi connectivity index (χ0n) is 6.83. The lowest BCUT2D eigenvalue weighted by Crippen LogP contribution is -2.02. The fourth-order valence-electron chi connectivity index (χ4n) is 1.06. The molecule has 0 saturated heterocycles. The van der Waals surface area contributed by atoms with Gasteiger partial charge in [-0.25, -0.2) is 22.9 Å². The Morgan fingerprint density at radius 2 is 2.14 bits per heavy atom. The molecule has 8 heteroatoms. The van der Waals surface area contributed by atoms with Crippen LogP contribution in [0.25, 0.3) is 5.78 Å². The highest BCUT2D eigenvalue weighted by molar-refractivity contribution is 8.13. The number of halogens is 1. The van der Waals surface area contributed by atoms with Gasteiger partial charge in [0.25, 0.3) is 5.78 Å². The van der Waals surface area contributed by atoms with Gasteiger partial charge in [-0.2, -0.15) is 5.10 Å². The molecule has 0 aliphatic carbocycles. The van der Waals surface area contributed by atoms with Gasteiger partial charge in [-0.05, 0) is 0 Å². The SMILES string of the molecule is O=S(=O)(Cl)Cc1cnc2nccnn12. The first kappa shape index (κ1) is 9.35. The van der Waals surface area contributed by atoms with Crippen molar-refractivity contribution in [2.75, 3.05) is 0 Å². The van der Waals surface area contributed by atoms with Crippen LogP contribution >= 0.6 is 10.7 Å². The molecule has 0 aliphatic rings.